The van der Waals surface area contributed by atoms with Gasteiger partial charge in [0.15, 0.2) is 0 Å². The predicted molar refractivity (Wildman–Crippen MR) is 94.7 cm³/mol. The highest BCUT2D eigenvalue weighted by Gasteiger charge is 2.18. The number of nitriles is 1. The summed E-state index contributed by atoms with van der Waals surface area (Å²) in [4.78, 5) is 23.8. The standard InChI is InChI=1S/C19H23N3O3/c1-2-25-19(24)14-8-10-16(11-9-14)21-13-15(12-20)18(23)22-17-6-4-3-5-7-17/h8-11,13,17,21H,2-7H2,1H3,(H,22,23)/b15-13-. The topological polar surface area (TPSA) is 91.2 Å². The summed E-state index contributed by atoms with van der Waals surface area (Å²) < 4.78 is 4.92. The van der Waals surface area contributed by atoms with Gasteiger partial charge in [-0.15, -0.1) is 0 Å². The Labute approximate surface area is 147 Å². The lowest BCUT2D eigenvalue weighted by Crippen LogP contribution is -2.37. The van der Waals surface area contributed by atoms with E-state index in [2.05, 4.69) is 10.6 Å². The minimum Gasteiger partial charge on any atom is -0.462 e. The number of rotatable bonds is 6. The van der Waals surface area contributed by atoms with Crippen molar-refractivity contribution < 1.29 is 14.3 Å². The molecule has 1 fully saturated rings. The van der Waals surface area contributed by atoms with Crippen LogP contribution in [-0.4, -0.2) is 24.5 Å². The number of esters is 1. The molecule has 0 bridgehead atoms. The van der Waals surface area contributed by atoms with Gasteiger partial charge in [-0.1, -0.05) is 19.3 Å². The third-order valence-corrected chi connectivity index (χ3v) is 4.08. The molecule has 0 unspecified atom stereocenters. The largest absolute Gasteiger partial charge is 0.462 e. The van der Waals surface area contributed by atoms with E-state index in [0.717, 1.165) is 25.7 Å². The summed E-state index contributed by atoms with van der Waals surface area (Å²) >= 11 is 0. The molecule has 1 aromatic carbocycles. The Balaban J connectivity index is 1.94. The number of carbonyl (C=O) groups excluding carboxylic acids is 2. The number of ether oxygens (including phenoxy) is 1. The molecule has 0 atom stereocenters. The monoisotopic (exact) mass is 341 g/mol. The molecule has 0 heterocycles. The van der Waals surface area contributed by atoms with Crippen molar-refractivity contribution in [2.45, 2.75) is 45.1 Å². The Morgan fingerprint density at radius 1 is 1.24 bits per heavy atom. The lowest BCUT2D eigenvalue weighted by molar-refractivity contribution is -0.118. The van der Waals surface area contributed by atoms with E-state index in [9.17, 15) is 14.9 Å². The van der Waals surface area contributed by atoms with Crippen LogP contribution in [0.15, 0.2) is 36.0 Å². The van der Waals surface area contributed by atoms with Crippen molar-refractivity contribution in [2.75, 3.05) is 11.9 Å². The summed E-state index contributed by atoms with van der Waals surface area (Å²) in [6.45, 7) is 2.07. The Morgan fingerprint density at radius 3 is 2.52 bits per heavy atom. The van der Waals surface area contributed by atoms with Crippen LogP contribution in [0.5, 0.6) is 0 Å². The van der Waals surface area contributed by atoms with Crippen LogP contribution in [0.2, 0.25) is 0 Å². The number of benzene rings is 1. The number of carbonyl (C=O) groups is 2. The van der Waals surface area contributed by atoms with Crippen LogP contribution in [0.4, 0.5) is 5.69 Å². The average Bonchev–Trinajstić information content (AvgIpc) is 2.64. The first-order valence-corrected chi connectivity index (χ1v) is 8.59. The van der Waals surface area contributed by atoms with Crippen molar-refractivity contribution in [3.8, 4) is 6.07 Å². The van der Waals surface area contributed by atoms with Crippen molar-refractivity contribution in [2.24, 2.45) is 0 Å². The maximum atomic E-state index is 12.2. The highest BCUT2D eigenvalue weighted by atomic mass is 16.5. The van der Waals surface area contributed by atoms with Gasteiger partial charge in [-0.2, -0.15) is 5.26 Å². The van der Waals surface area contributed by atoms with Crippen LogP contribution in [0.3, 0.4) is 0 Å². The molecule has 0 aliphatic heterocycles. The minimum absolute atomic E-state index is 0.0278. The second-order valence-corrected chi connectivity index (χ2v) is 5.92. The van der Waals surface area contributed by atoms with E-state index in [-0.39, 0.29) is 23.5 Å². The number of hydrogen-bond donors (Lipinski definition) is 2. The van der Waals surface area contributed by atoms with Crippen LogP contribution in [0.1, 0.15) is 49.4 Å². The van der Waals surface area contributed by atoms with Crippen molar-refractivity contribution in [1.29, 1.82) is 5.26 Å². The molecule has 1 aliphatic rings. The predicted octanol–water partition coefficient (Wildman–Crippen LogP) is 3.13. The van der Waals surface area contributed by atoms with Gasteiger partial charge in [-0.3, -0.25) is 4.79 Å². The number of nitrogens with one attached hydrogen (secondary N) is 2. The molecule has 1 saturated carbocycles. The molecule has 0 spiro atoms. The first kappa shape index (κ1) is 18.5. The Kier molecular flexibility index (Phi) is 7.02. The summed E-state index contributed by atoms with van der Waals surface area (Å²) in [5.41, 5.74) is 1.15. The van der Waals surface area contributed by atoms with E-state index >= 15 is 0 Å². The summed E-state index contributed by atoms with van der Waals surface area (Å²) in [6.07, 6.45) is 6.75. The van der Waals surface area contributed by atoms with Crippen LogP contribution >= 0.6 is 0 Å². The molecular formula is C19H23N3O3. The molecule has 6 nitrogen and oxygen atoms in total. The first-order valence-electron chi connectivity index (χ1n) is 8.59. The van der Waals surface area contributed by atoms with E-state index in [1.165, 1.54) is 12.6 Å². The zero-order valence-electron chi connectivity index (χ0n) is 14.4. The van der Waals surface area contributed by atoms with E-state index in [1.54, 1.807) is 31.2 Å². The average molecular weight is 341 g/mol. The fourth-order valence-corrected chi connectivity index (χ4v) is 2.73. The summed E-state index contributed by atoms with van der Waals surface area (Å²) in [6, 6.07) is 8.71. The SMILES string of the molecule is CCOC(=O)c1ccc(N/C=C(/C#N)C(=O)NC2CCCCC2)cc1. The Hall–Kier alpha value is -2.81. The van der Waals surface area contributed by atoms with Gasteiger partial charge in [-0.25, -0.2) is 4.79 Å². The van der Waals surface area contributed by atoms with Crippen LogP contribution in [-0.2, 0) is 9.53 Å². The number of anilines is 1. The Morgan fingerprint density at radius 2 is 1.92 bits per heavy atom. The van der Waals surface area contributed by atoms with Crippen LogP contribution in [0, 0.1) is 11.3 Å². The van der Waals surface area contributed by atoms with Crippen molar-refractivity contribution >= 4 is 17.6 Å². The second kappa shape index (κ2) is 9.48. The van der Waals surface area contributed by atoms with Gasteiger partial charge in [0.05, 0.1) is 12.2 Å². The summed E-state index contributed by atoms with van der Waals surface area (Å²) in [5.74, 6) is -0.737. The number of nitrogens with zero attached hydrogens (tertiary/aromatic N) is 1. The normalized spacial score (nSPS) is 15.1. The fraction of sp³-hybridized carbons (Fsp3) is 0.421. The quantitative estimate of drug-likeness (QED) is 0.471. The summed E-state index contributed by atoms with van der Waals surface area (Å²) in [5, 5.41) is 15.0. The molecule has 132 valence electrons. The molecular weight excluding hydrogens is 318 g/mol. The van der Waals surface area contributed by atoms with Gasteiger partial charge >= 0.3 is 5.97 Å². The Bertz CT molecular complexity index is 668. The van der Waals surface area contributed by atoms with Gasteiger partial charge < -0.3 is 15.4 Å². The molecule has 2 N–H and O–H groups in total. The van der Waals surface area contributed by atoms with Gasteiger partial charge in [0.2, 0.25) is 0 Å². The van der Waals surface area contributed by atoms with E-state index in [1.807, 2.05) is 6.07 Å². The smallest absolute Gasteiger partial charge is 0.338 e. The van der Waals surface area contributed by atoms with Gasteiger partial charge in [0.1, 0.15) is 11.6 Å². The van der Waals surface area contributed by atoms with Gasteiger partial charge in [-0.05, 0) is 44.0 Å². The highest BCUT2D eigenvalue weighted by Crippen LogP contribution is 2.18. The summed E-state index contributed by atoms with van der Waals surface area (Å²) in [7, 11) is 0. The maximum Gasteiger partial charge on any atom is 0.338 e. The minimum atomic E-state index is -0.380. The molecule has 6 heteroatoms. The van der Waals surface area contributed by atoms with Crippen molar-refractivity contribution in [3.63, 3.8) is 0 Å². The third-order valence-electron chi connectivity index (χ3n) is 4.08. The maximum absolute atomic E-state index is 12.2. The van der Waals surface area contributed by atoms with Gasteiger partial charge in [0, 0.05) is 17.9 Å². The number of amides is 1. The first-order chi connectivity index (χ1) is 12.1. The lowest BCUT2D eigenvalue weighted by Gasteiger charge is -2.22. The van der Waals surface area contributed by atoms with Gasteiger partial charge in [0.25, 0.3) is 5.91 Å². The van der Waals surface area contributed by atoms with Crippen molar-refractivity contribution in [3.05, 3.63) is 41.6 Å². The third kappa shape index (κ3) is 5.64. The molecule has 0 aromatic heterocycles. The highest BCUT2D eigenvalue weighted by molar-refractivity contribution is 5.97. The van der Waals surface area contributed by atoms with E-state index in [0.29, 0.717) is 17.9 Å². The molecule has 25 heavy (non-hydrogen) atoms. The zero-order chi connectivity index (χ0) is 18.1. The zero-order valence-corrected chi connectivity index (χ0v) is 14.4. The molecule has 1 amide bonds. The molecule has 0 saturated heterocycles. The lowest BCUT2D eigenvalue weighted by atomic mass is 9.95. The van der Waals surface area contributed by atoms with Crippen LogP contribution < -0.4 is 10.6 Å². The van der Waals surface area contributed by atoms with E-state index < -0.39 is 0 Å². The second-order valence-electron chi connectivity index (χ2n) is 5.92. The molecule has 1 aliphatic carbocycles. The molecule has 0 radical (unpaired) electrons. The fourth-order valence-electron chi connectivity index (χ4n) is 2.73. The van der Waals surface area contributed by atoms with Crippen LogP contribution in [0.25, 0.3) is 0 Å². The van der Waals surface area contributed by atoms with Crippen molar-refractivity contribution in [1.82, 2.24) is 5.32 Å². The molecule has 1 aromatic rings. The van der Waals surface area contributed by atoms with E-state index in [4.69, 9.17) is 4.74 Å². The number of hydrogen-bond acceptors (Lipinski definition) is 5. The molecule has 2 rings (SSSR count).